The molecule has 1 aliphatic heterocycles. The van der Waals surface area contributed by atoms with Gasteiger partial charge in [0, 0.05) is 0 Å². The van der Waals surface area contributed by atoms with Crippen molar-refractivity contribution in [3.8, 4) is 16.9 Å². The number of benzene rings is 3. The number of hydrogen-bond acceptors (Lipinski definition) is 6. The minimum atomic E-state index is -1.42. The monoisotopic (exact) mass is 464 g/mol. The number of rotatable bonds is 7. The van der Waals surface area contributed by atoms with E-state index in [4.69, 9.17) is 9.47 Å². The first-order chi connectivity index (χ1) is 16.4. The zero-order valence-corrected chi connectivity index (χ0v) is 19.5. The molecule has 3 aromatic carbocycles. The largest absolute Gasteiger partial charge is 0.494 e. The number of hydrogen-bond donors (Lipinski definition) is 4. The quantitative estimate of drug-likeness (QED) is 0.429. The van der Waals surface area contributed by atoms with Crippen LogP contribution < -0.4 is 4.74 Å². The first-order valence-electron chi connectivity index (χ1n) is 11.6. The van der Waals surface area contributed by atoms with Crippen LogP contribution in [0.3, 0.4) is 0 Å². The Hall–Kier alpha value is -2.74. The summed E-state index contributed by atoms with van der Waals surface area (Å²) in [5.74, 6) is 0.837. The molecule has 0 radical (unpaired) electrons. The summed E-state index contributed by atoms with van der Waals surface area (Å²) >= 11 is 0. The average Bonchev–Trinajstić information content (AvgIpc) is 2.85. The van der Waals surface area contributed by atoms with Crippen LogP contribution in [0.5, 0.6) is 5.75 Å². The summed E-state index contributed by atoms with van der Waals surface area (Å²) in [5.41, 5.74) is 5.87. The third kappa shape index (κ3) is 5.02. The van der Waals surface area contributed by atoms with E-state index in [1.807, 2.05) is 62.4 Å². The zero-order chi connectivity index (χ0) is 24.2. The summed E-state index contributed by atoms with van der Waals surface area (Å²) < 4.78 is 11.4. The van der Waals surface area contributed by atoms with Gasteiger partial charge in [0.2, 0.25) is 0 Å². The fourth-order valence-corrected chi connectivity index (χ4v) is 4.57. The van der Waals surface area contributed by atoms with Crippen molar-refractivity contribution in [1.29, 1.82) is 0 Å². The highest BCUT2D eigenvalue weighted by Crippen LogP contribution is 2.38. The Bertz CT molecular complexity index is 1080. The van der Waals surface area contributed by atoms with Crippen LogP contribution in [-0.2, 0) is 11.2 Å². The van der Waals surface area contributed by atoms with Crippen molar-refractivity contribution in [3.63, 3.8) is 0 Å². The smallest absolute Gasteiger partial charge is 0.119 e. The van der Waals surface area contributed by atoms with Crippen molar-refractivity contribution in [2.24, 2.45) is 0 Å². The fourth-order valence-electron chi connectivity index (χ4n) is 4.57. The third-order valence-electron chi connectivity index (χ3n) is 6.40. The predicted molar refractivity (Wildman–Crippen MR) is 130 cm³/mol. The Morgan fingerprint density at radius 1 is 0.882 bits per heavy atom. The van der Waals surface area contributed by atoms with Crippen LogP contribution in [0.1, 0.15) is 35.3 Å². The first kappa shape index (κ1) is 24.4. The molecule has 0 saturated carbocycles. The lowest BCUT2D eigenvalue weighted by atomic mass is 9.85. The number of aliphatic hydroxyl groups is 4. The highest BCUT2D eigenvalue weighted by molar-refractivity contribution is 5.70. The molecule has 1 aliphatic rings. The van der Waals surface area contributed by atoms with Crippen LogP contribution in [0, 0.1) is 6.92 Å². The molecule has 0 amide bonds. The molecule has 0 bridgehead atoms. The van der Waals surface area contributed by atoms with Gasteiger partial charge in [-0.2, -0.15) is 0 Å². The summed E-state index contributed by atoms with van der Waals surface area (Å²) in [6.07, 6.45) is -5.25. The number of aliphatic hydroxyl groups excluding tert-OH is 4. The van der Waals surface area contributed by atoms with Gasteiger partial charge in [-0.15, -0.1) is 0 Å². The van der Waals surface area contributed by atoms with Crippen LogP contribution in [0.4, 0.5) is 0 Å². The lowest BCUT2D eigenvalue weighted by molar-refractivity contribution is -0.231. The lowest BCUT2D eigenvalue weighted by Crippen LogP contribution is -2.55. The molecule has 5 atom stereocenters. The van der Waals surface area contributed by atoms with Gasteiger partial charge in [0.1, 0.15) is 36.3 Å². The molecule has 4 rings (SSSR count). The van der Waals surface area contributed by atoms with Crippen molar-refractivity contribution in [2.45, 2.75) is 50.8 Å². The SMILES string of the molecule is CCOc1ccc(Cc2cc(C)c([C@@H]3O[C@H](CO)[C@@H](O)[C@H](O)[C@H]3O)cc2-c2ccccc2)cc1. The molecule has 1 saturated heterocycles. The van der Waals surface area contributed by atoms with Crippen LogP contribution in [0.25, 0.3) is 11.1 Å². The molecule has 34 heavy (non-hydrogen) atoms. The van der Waals surface area contributed by atoms with Crippen LogP contribution in [0.2, 0.25) is 0 Å². The van der Waals surface area contributed by atoms with Gasteiger partial charge in [0.05, 0.1) is 13.2 Å². The number of ether oxygens (including phenoxy) is 2. The van der Waals surface area contributed by atoms with Gasteiger partial charge in [-0.05, 0) is 71.8 Å². The molecule has 0 aliphatic carbocycles. The van der Waals surface area contributed by atoms with E-state index in [9.17, 15) is 20.4 Å². The molecular formula is C28H32O6. The number of aryl methyl sites for hydroxylation is 1. The van der Waals surface area contributed by atoms with Gasteiger partial charge in [-0.1, -0.05) is 48.5 Å². The van der Waals surface area contributed by atoms with E-state index in [-0.39, 0.29) is 0 Å². The molecule has 0 spiro atoms. The Kier molecular flexibility index (Phi) is 7.66. The Balaban J connectivity index is 1.74. The summed E-state index contributed by atoms with van der Waals surface area (Å²) in [4.78, 5) is 0. The second-order valence-electron chi connectivity index (χ2n) is 8.74. The molecule has 0 unspecified atom stereocenters. The molecule has 6 heteroatoms. The van der Waals surface area contributed by atoms with Crippen molar-refractivity contribution >= 4 is 0 Å². The molecule has 0 aromatic heterocycles. The van der Waals surface area contributed by atoms with Crippen molar-refractivity contribution in [3.05, 3.63) is 89.0 Å². The van der Waals surface area contributed by atoms with Crippen LogP contribution in [0.15, 0.2) is 66.7 Å². The summed E-state index contributed by atoms with van der Waals surface area (Å²) in [6.45, 7) is 4.06. The molecule has 4 N–H and O–H groups in total. The highest BCUT2D eigenvalue weighted by atomic mass is 16.5. The topological polar surface area (TPSA) is 99.4 Å². The standard InChI is InChI=1S/C28H32O6/c1-3-33-21-11-9-18(10-12-21)14-20-13-17(2)22(15-23(20)19-7-5-4-6-8-19)28-27(32)26(31)25(30)24(16-29)34-28/h4-13,15,24-32H,3,14,16H2,1-2H3/t24-,25-,26+,27-,28+/m1/s1. The molecular weight excluding hydrogens is 432 g/mol. The van der Waals surface area contributed by atoms with Crippen molar-refractivity contribution in [1.82, 2.24) is 0 Å². The van der Waals surface area contributed by atoms with Gasteiger partial charge in [-0.25, -0.2) is 0 Å². The molecule has 3 aromatic rings. The normalized spacial score (nSPS) is 24.7. The summed E-state index contributed by atoms with van der Waals surface area (Å²) in [7, 11) is 0. The zero-order valence-electron chi connectivity index (χ0n) is 19.5. The average molecular weight is 465 g/mol. The van der Waals surface area contributed by atoms with Gasteiger partial charge >= 0.3 is 0 Å². The molecule has 6 nitrogen and oxygen atoms in total. The summed E-state index contributed by atoms with van der Waals surface area (Å²) in [6, 6.07) is 22.1. The molecule has 1 fully saturated rings. The van der Waals surface area contributed by atoms with Gasteiger partial charge < -0.3 is 29.9 Å². The maximum Gasteiger partial charge on any atom is 0.119 e. The Morgan fingerprint density at radius 3 is 2.24 bits per heavy atom. The molecule has 1 heterocycles. The van der Waals surface area contributed by atoms with Gasteiger partial charge in [0.25, 0.3) is 0 Å². The first-order valence-corrected chi connectivity index (χ1v) is 11.6. The maximum absolute atomic E-state index is 10.7. The Labute approximate surface area is 200 Å². The van der Waals surface area contributed by atoms with Crippen LogP contribution in [-0.4, -0.2) is 58.1 Å². The van der Waals surface area contributed by atoms with Crippen molar-refractivity contribution < 1.29 is 29.9 Å². The van der Waals surface area contributed by atoms with Crippen molar-refractivity contribution in [2.75, 3.05) is 13.2 Å². The van der Waals surface area contributed by atoms with E-state index in [0.29, 0.717) is 18.6 Å². The Morgan fingerprint density at radius 2 is 1.59 bits per heavy atom. The summed E-state index contributed by atoms with van der Waals surface area (Å²) in [5, 5.41) is 40.8. The predicted octanol–water partition coefficient (Wildman–Crippen LogP) is 3.17. The van der Waals surface area contributed by atoms with Gasteiger partial charge in [-0.3, -0.25) is 0 Å². The third-order valence-corrected chi connectivity index (χ3v) is 6.40. The van der Waals surface area contributed by atoms with E-state index in [1.165, 1.54) is 0 Å². The van der Waals surface area contributed by atoms with E-state index < -0.39 is 37.1 Å². The second kappa shape index (κ2) is 10.7. The van der Waals surface area contributed by atoms with Crippen LogP contribution >= 0.6 is 0 Å². The minimum Gasteiger partial charge on any atom is -0.494 e. The lowest BCUT2D eigenvalue weighted by Gasteiger charge is -2.41. The van der Waals surface area contributed by atoms with E-state index in [0.717, 1.165) is 33.6 Å². The van der Waals surface area contributed by atoms with E-state index >= 15 is 0 Å². The highest BCUT2D eigenvalue weighted by Gasteiger charge is 2.44. The minimum absolute atomic E-state index is 0.456. The van der Waals surface area contributed by atoms with E-state index in [1.54, 1.807) is 0 Å². The second-order valence-corrected chi connectivity index (χ2v) is 8.74. The van der Waals surface area contributed by atoms with E-state index in [2.05, 4.69) is 18.2 Å². The van der Waals surface area contributed by atoms with Gasteiger partial charge in [0.15, 0.2) is 0 Å². The fraction of sp³-hybridized carbons (Fsp3) is 0.357. The molecule has 180 valence electrons. The maximum atomic E-state index is 10.7.